The van der Waals surface area contributed by atoms with Crippen LogP contribution in [0.25, 0.3) is 0 Å². The number of hydrogen-bond acceptors (Lipinski definition) is 4. The molecule has 0 aliphatic carbocycles. The van der Waals surface area contributed by atoms with Crippen LogP contribution in [0.15, 0.2) is 18.5 Å². The topological polar surface area (TPSA) is 71.5 Å². The van der Waals surface area contributed by atoms with Crippen molar-refractivity contribution in [2.45, 2.75) is 19.8 Å². The molecule has 0 aliphatic rings. The molecule has 5 heteroatoms. The molecule has 0 aliphatic heterocycles. The van der Waals surface area contributed by atoms with Gasteiger partial charge in [-0.1, -0.05) is 6.92 Å². The summed E-state index contributed by atoms with van der Waals surface area (Å²) in [4.78, 5) is 14.8. The van der Waals surface area contributed by atoms with Gasteiger partial charge in [0.1, 0.15) is 0 Å². The van der Waals surface area contributed by atoms with Crippen molar-refractivity contribution in [1.29, 1.82) is 0 Å². The molecule has 0 aromatic carbocycles. The molecule has 1 heterocycles. The Bertz CT molecular complexity index is 355. The smallest absolute Gasteiger partial charge is 0.337 e. The Balaban J connectivity index is 2.34. The zero-order valence-corrected chi connectivity index (χ0v) is 9.98. The number of hydrogen-bond donors (Lipinski definition) is 2. The van der Waals surface area contributed by atoms with Gasteiger partial charge in [-0.15, -0.1) is 0 Å². The van der Waals surface area contributed by atoms with Crippen molar-refractivity contribution >= 4 is 11.7 Å². The van der Waals surface area contributed by atoms with Crippen LogP contribution in [0.1, 0.15) is 30.1 Å². The molecular formula is C12H18N2O3. The fraction of sp³-hybridized carbons (Fsp3) is 0.500. The van der Waals surface area contributed by atoms with Crippen LogP contribution in [0, 0.1) is 0 Å². The van der Waals surface area contributed by atoms with E-state index in [0.29, 0.717) is 18.8 Å². The van der Waals surface area contributed by atoms with Crippen molar-refractivity contribution in [3.05, 3.63) is 24.0 Å². The van der Waals surface area contributed by atoms with Gasteiger partial charge in [-0.3, -0.25) is 4.98 Å². The second-order valence-corrected chi connectivity index (χ2v) is 3.62. The molecular weight excluding hydrogens is 220 g/mol. The molecule has 0 unspecified atom stereocenters. The summed E-state index contributed by atoms with van der Waals surface area (Å²) in [5.41, 5.74) is 0.796. The van der Waals surface area contributed by atoms with Gasteiger partial charge in [-0.2, -0.15) is 0 Å². The van der Waals surface area contributed by atoms with E-state index in [9.17, 15) is 4.79 Å². The zero-order chi connectivity index (χ0) is 12.5. The second-order valence-electron chi connectivity index (χ2n) is 3.62. The number of carboxylic acids is 1. The quantitative estimate of drug-likeness (QED) is 0.678. The van der Waals surface area contributed by atoms with E-state index >= 15 is 0 Å². The largest absolute Gasteiger partial charge is 0.478 e. The summed E-state index contributed by atoms with van der Waals surface area (Å²) in [5, 5.41) is 12.0. The minimum Gasteiger partial charge on any atom is -0.478 e. The van der Waals surface area contributed by atoms with Crippen LogP contribution >= 0.6 is 0 Å². The van der Waals surface area contributed by atoms with Crippen LogP contribution in [0.2, 0.25) is 0 Å². The average Bonchev–Trinajstić information content (AvgIpc) is 2.34. The molecule has 0 radical (unpaired) electrons. The van der Waals surface area contributed by atoms with Crippen LogP contribution in [-0.4, -0.2) is 35.8 Å². The van der Waals surface area contributed by atoms with E-state index in [4.69, 9.17) is 9.84 Å². The molecule has 0 amide bonds. The van der Waals surface area contributed by atoms with Crippen molar-refractivity contribution in [2.75, 3.05) is 25.1 Å². The van der Waals surface area contributed by atoms with E-state index in [1.807, 2.05) is 0 Å². The van der Waals surface area contributed by atoms with Gasteiger partial charge in [0.05, 0.1) is 17.4 Å². The molecule has 2 N–H and O–H groups in total. The minimum atomic E-state index is -0.947. The van der Waals surface area contributed by atoms with Gasteiger partial charge in [0, 0.05) is 26.0 Å². The Hall–Kier alpha value is -1.62. The Labute approximate surface area is 101 Å². The van der Waals surface area contributed by atoms with Crippen molar-refractivity contribution in [3.63, 3.8) is 0 Å². The summed E-state index contributed by atoms with van der Waals surface area (Å²) >= 11 is 0. The third-order valence-electron chi connectivity index (χ3n) is 2.18. The van der Waals surface area contributed by atoms with E-state index in [1.165, 1.54) is 18.5 Å². The maximum absolute atomic E-state index is 10.9. The van der Waals surface area contributed by atoms with Gasteiger partial charge >= 0.3 is 5.97 Å². The van der Waals surface area contributed by atoms with Crippen LogP contribution in [-0.2, 0) is 4.74 Å². The van der Waals surface area contributed by atoms with Gasteiger partial charge < -0.3 is 15.2 Å². The fourth-order valence-corrected chi connectivity index (χ4v) is 1.37. The Morgan fingerprint density at radius 3 is 3.06 bits per heavy atom. The number of ether oxygens (including phenoxy) is 1. The van der Waals surface area contributed by atoms with Gasteiger partial charge in [0.25, 0.3) is 0 Å². The molecule has 1 aromatic heterocycles. The summed E-state index contributed by atoms with van der Waals surface area (Å²) in [5.74, 6) is -0.947. The van der Waals surface area contributed by atoms with Crippen molar-refractivity contribution in [2.24, 2.45) is 0 Å². The first-order chi connectivity index (χ1) is 8.25. The number of aromatic carboxylic acids is 1. The minimum absolute atomic E-state index is 0.245. The van der Waals surface area contributed by atoms with Crippen LogP contribution in [0.5, 0.6) is 0 Å². The summed E-state index contributed by atoms with van der Waals surface area (Å²) in [6.45, 7) is 4.19. The van der Waals surface area contributed by atoms with Gasteiger partial charge in [-0.25, -0.2) is 4.79 Å². The molecule has 1 aromatic rings. The number of carbonyl (C=O) groups is 1. The van der Waals surface area contributed by atoms with Crippen LogP contribution < -0.4 is 5.32 Å². The van der Waals surface area contributed by atoms with E-state index in [1.54, 1.807) is 0 Å². The predicted octanol–water partition coefficient (Wildman–Crippen LogP) is 2.01. The summed E-state index contributed by atoms with van der Waals surface area (Å²) < 4.78 is 5.33. The number of aromatic nitrogens is 1. The third-order valence-corrected chi connectivity index (χ3v) is 2.18. The fourth-order valence-electron chi connectivity index (χ4n) is 1.37. The number of rotatable bonds is 8. The van der Waals surface area contributed by atoms with E-state index in [-0.39, 0.29) is 5.56 Å². The standard InChI is InChI=1S/C12H18N2O3/c1-2-7-17-8-3-5-14-11-9-13-6-4-10(11)12(15)16/h4,6,9,14H,2-3,5,7-8H2,1H3,(H,15,16). The number of nitrogens with zero attached hydrogens (tertiary/aromatic N) is 1. The highest BCUT2D eigenvalue weighted by molar-refractivity contribution is 5.93. The molecule has 0 saturated carbocycles. The summed E-state index contributed by atoms with van der Waals surface area (Å²) in [7, 11) is 0. The van der Waals surface area contributed by atoms with Crippen molar-refractivity contribution < 1.29 is 14.6 Å². The first kappa shape index (κ1) is 13.4. The lowest BCUT2D eigenvalue weighted by Crippen LogP contribution is -2.10. The molecule has 0 atom stereocenters. The van der Waals surface area contributed by atoms with E-state index in [0.717, 1.165) is 19.4 Å². The highest BCUT2D eigenvalue weighted by Crippen LogP contribution is 2.12. The molecule has 1 rings (SSSR count). The maximum atomic E-state index is 10.9. The van der Waals surface area contributed by atoms with Gasteiger partial charge in [0.2, 0.25) is 0 Å². The first-order valence-corrected chi connectivity index (χ1v) is 5.74. The second kappa shape index (κ2) is 7.62. The van der Waals surface area contributed by atoms with Gasteiger partial charge in [0.15, 0.2) is 0 Å². The summed E-state index contributed by atoms with van der Waals surface area (Å²) in [6.07, 6.45) is 4.85. The SMILES string of the molecule is CCCOCCCNc1cnccc1C(=O)O. The summed E-state index contributed by atoms with van der Waals surface area (Å²) in [6, 6.07) is 1.48. The lowest BCUT2D eigenvalue weighted by Gasteiger charge is -2.08. The Kier molecular flexibility index (Phi) is 6.03. The number of carboxylic acid groups (broad SMARTS) is 1. The number of anilines is 1. The molecule has 5 nitrogen and oxygen atoms in total. The highest BCUT2D eigenvalue weighted by atomic mass is 16.5. The first-order valence-electron chi connectivity index (χ1n) is 5.74. The molecule has 94 valence electrons. The molecule has 0 fully saturated rings. The van der Waals surface area contributed by atoms with Crippen molar-refractivity contribution in [1.82, 2.24) is 4.98 Å². The highest BCUT2D eigenvalue weighted by Gasteiger charge is 2.08. The molecule has 0 spiro atoms. The maximum Gasteiger partial charge on any atom is 0.337 e. The number of nitrogens with one attached hydrogen (secondary N) is 1. The van der Waals surface area contributed by atoms with Crippen LogP contribution in [0.4, 0.5) is 5.69 Å². The lowest BCUT2D eigenvalue weighted by atomic mass is 10.2. The Morgan fingerprint density at radius 1 is 1.53 bits per heavy atom. The normalized spacial score (nSPS) is 10.2. The Morgan fingerprint density at radius 2 is 2.35 bits per heavy atom. The van der Waals surface area contributed by atoms with E-state index < -0.39 is 5.97 Å². The zero-order valence-electron chi connectivity index (χ0n) is 9.98. The average molecular weight is 238 g/mol. The molecule has 17 heavy (non-hydrogen) atoms. The van der Waals surface area contributed by atoms with Crippen LogP contribution in [0.3, 0.4) is 0 Å². The van der Waals surface area contributed by atoms with Crippen molar-refractivity contribution in [3.8, 4) is 0 Å². The third kappa shape index (κ3) is 4.82. The molecule has 0 saturated heterocycles. The predicted molar refractivity (Wildman–Crippen MR) is 65.4 cm³/mol. The molecule has 0 bridgehead atoms. The monoisotopic (exact) mass is 238 g/mol. The lowest BCUT2D eigenvalue weighted by molar-refractivity contribution is 0.0698. The number of pyridine rings is 1. The van der Waals surface area contributed by atoms with Gasteiger partial charge in [-0.05, 0) is 18.9 Å². The van der Waals surface area contributed by atoms with E-state index in [2.05, 4.69) is 17.2 Å².